The lowest BCUT2D eigenvalue weighted by Gasteiger charge is -2.34. The topological polar surface area (TPSA) is 114 Å². The minimum absolute atomic E-state index is 0.0584. The predicted octanol–water partition coefficient (Wildman–Crippen LogP) is 6.23. The van der Waals surface area contributed by atoms with Crippen molar-refractivity contribution in [3.8, 4) is 17.2 Å². The van der Waals surface area contributed by atoms with Gasteiger partial charge in [0.25, 0.3) is 10.0 Å². The molecular formula is C37H42BrN3O7S. The smallest absolute Gasteiger partial charge is 0.264 e. The molecule has 4 aromatic carbocycles. The van der Waals surface area contributed by atoms with Crippen molar-refractivity contribution in [1.29, 1.82) is 0 Å². The average molecular weight is 753 g/mol. The molecule has 0 radical (unpaired) electrons. The maximum Gasteiger partial charge on any atom is 0.264 e. The fourth-order valence-electron chi connectivity index (χ4n) is 5.26. The molecule has 0 spiro atoms. The highest BCUT2D eigenvalue weighted by Crippen LogP contribution is 2.33. The second kappa shape index (κ2) is 17.7. The molecule has 1 unspecified atom stereocenters. The summed E-state index contributed by atoms with van der Waals surface area (Å²) in [5, 5.41) is 2.95. The first-order valence-corrected chi connectivity index (χ1v) is 18.2. The molecule has 0 bridgehead atoms. The number of amides is 2. The Kier molecular flexibility index (Phi) is 13.5. The van der Waals surface area contributed by atoms with Gasteiger partial charge in [0, 0.05) is 30.0 Å². The Morgan fingerprint density at radius 1 is 0.837 bits per heavy atom. The molecule has 0 aliphatic rings. The highest BCUT2D eigenvalue weighted by Gasteiger charge is 2.35. The first kappa shape index (κ1) is 37.3. The molecule has 0 aromatic heterocycles. The van der Waals surface area contributed by atoms with E-state index >= 15 is 0 Å². The lowest BCUT2D eigenvalue weighted by molar-refractivity contribution is -0.140. The van der Waals surface area contributed by atoms with Gasteiger partial charge >= 0.3 is 0 Å². The van der Waals surface area contributed by atoms with Crippen LogP contribution in [0, 0.1) is 0 Å². The average Bonchev–Trinajstić information content (AvgIpc) is 3.11. The number of methoxy groups -OCH3 is 2. The molecule has 260 valence electrons. The van der Waals surface area contributed by atoms with Gasteiger partial charge in [-0.3, -0.25) is 13.9 Å². The fraction of sp³-hybridized carbons (Fsp3) is 0.297. The number of nitrogens with one attached hydrogen (secondary N) is 1. The van der Waals surface area contributed by atoms with E-state index in [0.717, 1.165) is 19.9 Å². The summed E-state index contributed by atoms with van der Waals surface area (Å²) in [4.78, 5) is 29.8. The number of carbonyl (C=O) groups excluding carboxylic acids is 2. The van der Waals surface area contributed by atoms with Gasteiger partial charge in [0.1, 0.15) is 18.3 Å². The molecule has 4 rings (SSSR count). The molecule has 0 saturated heterocycles. The summed E-state index contributed by atoms with van der Waals surface area (Å²) in [6.07, 6.45) is 0.931. The number of anilines is 1. The SMILES string of the molecule is CCCNC(=O)C(Cc1ccccc1)N(Cc1cccc(Br)c1)C(=O)CN(c1ccc(OCC)cc1)S(=O)(=O)c1ccc(OC)c(OC)c1. The zero-order valence-electron chi connectivity index (χ0n) is 28.1. The number of hydrogen-bond acceptors (Lipinski definition) is 7. The molecular weight excluding hydrogens is 710 g/mol. The maximum atomic E-state index is 14.7. The lowest BCUT2D eigenvalue weighted by Crippen LogP contribution is -2.53. The fourth-order valence-corrected chi connectivity index (χ4v) is 7.14. The van der Waals surface area contributed by atoms with Crippen molar-refractivity contribution in [3.63, 3.8) is 0 Å². The van der Waals surface area contributed by atoms with Crippen molar-refractivity contribution < 1.29 is 32.2 Å². The van der Waals surface area contributed by atoms with Crippen molar-refractivity contribution >= 4 is 43.5 Å². The van der Waals surface area contributed by atoms with Crippen LogP contribution >= 0.6 is 15.9 Å². The van der Waals surface area contributed by atoms with Gasteiger partial charge in [-0.05, 0) is 73.0 Å². The number of nitrogens with zero attached hydrogens (tertiary/aromatic N) is 2. The van der Waals surface area contributed by atoms with Crippen LogP contribution < -0.4 is 23.8 Å². The Morgan fingerprint density at radius 2 is 1.53 bits per heavy atom. The van der Waals surface area contributed by atoms with Gasteiger partial charge in [0.05, 0.1) is 31.4 Å². The first-order chi connectivity index (χ1) is 23.6. The predicted molar refractivity (Wildman–Crippen MR) is 194 cm³/mol. The molecule has 1 N–H and O–H groups in total. The Bertz CT molecular complexity index is 1800. The van der Waals surface area contributed by atoms with Crippen LogP contribution in [0.2, 0.25) is 0 Å². The van der Waals surface area contributed by atoms with Crippen LogP contribution in [0.15, 0.2) is 106 Å². The minimum atomic E-state index is -4.36. The lowest BCUT2D eigenvalue weighted by atomic mass is 10.0. The highest BCUT2D eigenvalue weighted by molar-refractivity contribution is 9.10. The zero-order valence-corrected chi connectivity index (χ0v) is 30.5. The summed E-state index contributed by atoms with van der Waals surface area (Å²) in [6, 6.07) is 26.7. The monoisotopic (exact) mass is 751 g/mol. The normalized spacial score (nSPS) is 11.7. The molecule has 2 amide bonds. The van der Waals surface area contributed by atoms with E-state index < -0.39 is 28.5 Å². The van der Waals surface area contributed by atoms with Crippen LogP contribution in [-0.4, -0.2) is 65.1 Å². The van der Waals surface area contributed by atoms with Crippen molar-refractivity contribution in [3.05, 3.63) is 113 Å². The van der Waals surface area contributed by atoms with E-state index in [-0.39, 0.29) is 35.2 Å². The third-order valence-corrected chi connectivity index (χ3v) is 9.98. The molecule has 0 saturated carbocycles. The van der Waals surface area contributed by atoms with Gasteiger partial charge in [0.2, 0.25) is 11.8 Å². The number of ether oxygens (including phenoxy) is 3. The van der Waals surface area contributed by atoms with Crippen LogP contribution in [-0.2, 0) is 32.6 Å². The summed E-state index contributed by atoms with van der Waals surface area (Å²) >= 11 is 3.51. The number of halogens is 1. The highest BCUT2D eigenvalue weighted by atomic mass is 79.9. The van der Waals surface area contributed by atoms with Gasteiger partial charge in [-0.15, -0.1) is 0 Å². The van der Waals surface area contributed by atoms with Gasteiger partial charge in [-0.1, -0.05) is 65.3 Å². The Balaban J connectivity index is 1.83. The molecule has 0 heterocycles. The Morgan fingerprint density at radius 3 is 2.16 bits per heavy atom. The van der Waals surface area contributed by atoms with Crippen LogP contribution in [0.5, 0.6) is 17.2 Å². The summed E-state index contributed by atoms with van der Waals surface area (Å²) < 4.78 is 47.1. The van der Waals surface area contributed by atoms with E-state index in [2.05, 4.69) is 21.2 Å². The third-order valence-electron chi connectivity index (χ3n) is 7.72. The van der Waals surface area contributed by atoms with Crippen molar-refractivity contribution in [1.82, 2.24) is 10.2 Å². The van der Waals surface area contributed by atoms with E-state index in [4.69, 9.17) is 14.2 Å². The Labute approximate surface area is 297 Å². The van der Waals surface area contributed by atoms with Crippen LogP contribution in [0.25, 0.3) is 0 Å². The maximum absolute atomic E-state index is 14.7. The van der Waals surface area contributed by atoms with Crippen LogP contribution in [0.3, 0.4) is 0 Å². The van der Waals surface area contributed by atoms with Crippen LogP contribution in [0.4, 0.5) is 5.69 Å². The van der Waals surface area contributed by atoms with E-state index in [1.54, 1.807) is 24.3 Å². The van der Waals surface area contributed by atoms with Crippen molar-refractivity contribution in [2.75, 3.05) is 38.2 Å². The summed E-state index contributed by atoms with van der Waals surface area (Å²) in [6.45, 7) is 4.12. The summed E-state index contributed by atoms with van der Waals surface area (Å²) in [5.41, 5.74) is 1.86. The largest absolute Gasteiger partial charge is 0.494 e. The molecule has 49 heavy (non-hydrogen) atoms. The molecule has 0 aliphatic heterocycles. The second-order valence-corrected chi connectivity index (χ2v) is 13.9. The van der Waals surface area contributed by atoms with Crippen molar-refractivity contribution in [2.24, 2.45) is 0 Å². The quantitative estimate of drug-likeness (QED) is 0.136. The number of carbonyl (C=O) groups is 2. The first-order valence-electron chi connectivity index (χ1n) is 15.9. The van der Waals surface area contributed by atoms with Crippen LogP contribution in [0.1, 0.15) is 31.4 Å². The molecule has 0 fully saturated rings. The number of rotatable bonds is 17. The number of hydrogen-bond donors (Lipinski definition) is 1. The van der Waals surface area contributed by atoms with Crippen molar-refractivity contribution in [2.45, 2.75) is 44.2 Å². The molecule has 4 aromatic rings. The molecule has 1 atom stereocenters. The Hall–Kier alpha value is -4.55. The van der Waals surface area contributed by atoms with Gasteiger partial charge < -0.3 is 24.4 Å². The molecule has 10 nitrogen and oxygen atoms in total. The minimum Gasteiger partial charge on any atom is -0.494 e. The van der Waals surface area contributed by atoms with Gasteiger partial charge in [-0.2, -0.15) is 0 Å². The third kappa shape index (κ3) is 9.76. The molecule has 0 aliphatic carbocycles. The zero-order chi connectivity index (χ0) is 35.4. The van der Waals surface area contributed by atoms with E-state index in [1.807, 2.05) is 68.4 Å². The number of benzene rings is 4. The molecule has 12 heteroatoms. The standard InChI is InChI=1S/C37H42BrN3O7S/c1-5-21-39-37(43)33(23-27-11-8-7-9-12-27)40(25-28-13-10-14-29(38)22-28)36(42)26-41(30-15-17-31(18-16-30)48-6-2)49(44,45)32-19-20-34(46-3)35(24-32)47-4/h7-20,22,24,33H,5-6,21,23,25-26H2,1-4H3,(H,39,43). The van der Waals surface area contributed by atoms with E-state index in [9.17, 15) is 18.0 Å². The van der Waals surface area contributed by atoms with E-state index in [1.165, 1.54) is 37.3 Å². The number of sulfonamides is 1. The summed E-state index contributed by atoms with van der Waals surface area (Å²) in [7, 11) is -1.49. The van der Waals surface area contributed by atoms with E-state index in [0.29, 0.717) is 31.1 Å². The van der Waals surface area contributed by atoms with Gasteiger partial charge in [-0.25, -0.2) is 8.42 Å². The second-order valence-electron chi connectivity index (χ2n) is 11.1. The van der Waals surface area contributed by atoms with Gasteiger partial charge in [0.15, 0.2) is 11.5 Å². The summed E-state index contributed by atoms with van der Waals surface area (Å²) in [5.74, 6) is 0.225.